The van der Waals surface area contributed by atoms with Crippen LogP contribution in [0.3, 0.4) is 0 Å². The third-order valence-electron chi connectivity index (χ3n) is 16.9. The Balaban J connectivity index is 1.30. The summed E-state index contributed by atoms with van der Waals surface area (Å²) in [5.74, 6) is 6.25. The molecule has 0 aliphatic heterocycles. The number of allylic oxidation sites excluding steroid dienone is 1. The van der Waals surface area contributed by atoms with Gasteiger partial charge in [-0.15, -0.1) is 6.58 Å². The van der Waals surface area contributed by atoms with E-state index in [1.165, 1.54) is 89.9 Å². The van der Waals surface area contributed by atoms with Crippen LogP contribution in [0.5, 0.6) is 0 Å². The van der Waals surface area contributed by atoms with Crippen LogP contribution in [0.4, 0.5) is 0 Å². The molecule has 11 atom stereocenters. The van der Waals surface area contributed by atoms with Gasteiger partial charge in [-0.2, -0.15) is 0 Å². The van der Waals surface area contributed by atoms with E-state index < -0.39 is 0 Å². The Labute approximate surface area is 251 Å². The molecule has 0 aromatic carbocycles. The first-order chi connectivity index (χ1) is 18.7. The lowest BCUT2D eigenvalue weighted by Gasteiger charge is -2.56. The van der Waals surface area contributed by atoms with E-state index in [0.717, 1.165) is 35.5 Å². The standard InChI is InChI=1S/C40H70/c1-12-29(5)16-14-17-30(6)40(21-19-32(40)13-2)26-33-18-15-20-39(31(7)34(39)38(11)27-37(33,38)10)25-24-36(9,28(3)4)35(8)22-23-35/h12,28-34H,1,13-27H2,2-11H3. The van der Waals surface area contributed by atoms with Crippen molar-refractivity contribution in [2.24, 2.45) is 73.9 Å². The van der Waals surface area contributed by atoms with E-state index in [1.54, 1.807) is 6.42 Å². The maximum absolute atomic E-state index is 4.04. The Morgan fingerprint density at radius 2 is 1.62 bits per heavy atom. The fourth-order valence-corrected chi connectivity index (χ4v) is 12.5. The van der Waals surface area contributed by atoms with Gasteiger partial charge in [0.05, 0.1) is 0 Å². The molecule has 0 heterocycles. The van der Waals surface area contributed by atoms with Crippen molar-refractivity contribution in [1.82, 2.24) is 0 Å². The van der Waals surface area contributed by atoms with Crippen LogP contribution in [0.2, 0.25) is 0 Å². The predicted octanol–water partition coefficient (Wildman–Crippen LogP) is 12.5. The molecule has 0 saturated heterocycles. The summed E-state index contributed by atoms with van der Waals surface area (Å²) in [4.78, 5) is 0. The molecule has 0 bridgehead atoms. The highest BCUT2D eigenvalue weighted by atomic mass is 14.8. The zero-order valence-corrected chi connectivity index (χ0v) is 28.9. The van der Waals surface area contributed by atoms with Crippen molar-refractivity contribution in [3.63, 3.8) is 0 Å². The van der Waals surface area contributed by atoms with Crippen LogP contribution in [0.25, 0.3) is 0 Å². The molecule has 5 saturated carbocycles. The summed E-state index contributed by atoms with van der Waals surface area (Å²) < 4.78 is 0. The molecule has 230 valence electrons. The summed E-state index contributed by atoms with van der Waals surface area (Å²) in [5, 5.41) is 0. The minimum absolute atomic E-state index is 0.526. The summed E-state index contributed by atoms with van der Waals surface area (Å²) in [6.07, 6.45) is 24.3. The van der Waals surface area contributed by atoms with Crippen LogP contribution < -0.4 is 0 Å². The number of fused-ring (bicyclic) bond motifs is 3. The Kier molecular flexibility index (Phi) is 8.13. The molecule has 5 aliphatic rings. The second-order valence-corrected chi connectivity index (χ2v) is 18.4. The molecule has 5 aliphatic carbocycles. The van der Waals surface area contributed by atoms with E-state index in [9.17, 15) is 0 Å². The zero-order valence-electron chi connectivity index (χ0n) is 28.9. The molecule has 5 rings (SSSR count). The van der Waals surface area contributed by atoms with E-state index in [0.29, 0.717) is 38.4 Å². The summed E-state index contributed by atoms with van der Waals surface area (Å²) in [7, 11) is 0. The van der Waals surface area contributed by atoms with Crippen LogP contribution in [0.15, 0.2) is 12.7 Å². The largest absolute Gasteiger partial charge is 0.103 e. The predicted molar refractivity (Wildman–Crippen MR) is 175 cm³/mol. The van der Waals surface area contributed by atoms with Gasteiger partial charge >= 0.3 is 0 Å². The van der Waals surface area contributed by atoms with Gasteiger partial charge in [-0.25, -0.2) is 0 Å². The highest BCUT2D eigenvalue weighted by molar-refractivity contribution is 5.27. The summed E-state index contributed by atoms with van der Waals surface area (Å²) >= 11 is 0. The molecule has 0 nitrogen and oxygen atoms in total. The van der Waals surface area contributed by atoms with Crippen LogP contribution in [-0.2, 0) is 0 Å². The zero-order chi connectivity index (χ0) is 29.4. The van der Waals surface area contributed by atoms with E-state index in [2.05, 4.69) is 81.9 Å². The van der Waals surface area contributed by atoms with Gasteiger partial charge in [0.15, 0.2) is 0 Å². The molecule has 11 unspecified atom stereocenters. The maximum Gasteiger partial charge on any atom is -0.0227 e. The molecule has 5 fully saturated rings. The normalized spacial score (nSPS) is 46.1. The number of rotatable bonds is 14. The fourth-order valence-electron chi connectivity index (χ4n) is 12.5. The molecule has 0 radical (unpaired) electrons. The van der Waals surface area contributed by atoms with Crippen molar-refractivity contribution in [2.45, 2.75) is 166 Å². The van der Waals surface area contributed by atoms with E-state index in [4.69, 9.17) is 0 Å². The van der Waals surface area contributed by atoms with Gasteiger partial charge in [0.2, 0.25) is 0 Å². The summed E-state index contributed by atoms with van der Waals surface area (Å²) in [5.41, 5.74) is 3.63. The molecule has 0 spiro atoms. The van der Waals surface area contributed by atoms with Gasteiger partial charge in [0.25, 0.3) is 0 Å². The third kappa shape index (κ3) is 4.56. The lowest BCUT2D eigenvalue weighted by Crippen LogP contribution is -2.47. The second kappa shape index (κ2) is 10.4. The van der Waals surface area contributed by atoms with Gasteiger partial charge in [-0.3, -0.25) is 0 Å². The van der Waals surface area contributed by atoms with Crippen LogP contribution in [-0.4, -0.2) is 0 Å². The van der Waals surface area contributed by atoms with Crippen molar-refractivity contribution in [1.29, 1.82) is 0 Å². The average Bonchev–Trinajstić information content (AvgIpc) is 3.83. The van der Waals surface area contributed by atoms with Crippen LogP contribution in [0, 0.1) is 73.9 Å². The Hall–Kier alpha value is -0.260. The summed E-state index contributed by atoms with van der Waals surface area (Å²) in [6.45, 7) is 30.1. The van der Waals surface area contributed by atoms with Gasteiger partial charge in [-0.05, 0) is 145 Å². The van der Waals surface area contributed by atoms with Crippen molar-refractivity contribution in [3.8, 4) is 0 Å². The minimum Gasteiger partial charge on any atom is -0.103 e. The molecule has 0 amide bonds. The SMILES string of the molecule is C=CC(C)CCCC(C)C1(CC2CCCC3(CCC(C)(C(C)C)C4(C)CC4)C(C)C3C3(C)CC23C)CCC1CC. The van der Waals surface area contributed by atoms with Crippen molar-refractivity contribution < 1.29 is 0 Å². The number of hydrogen-bond donors (Lipinski definition) is 0. The van der Waals surface area contributed by atoms with Crippen molar-refractivity contribution >= 4 is 0 Å². The quantitative estimate of drug-likeness (QED) is 0.189. The molecule has 0 N–H and O–H groups in total. The molecule has 40 heavy (non-hydrogen) atoms. The fraction of sp³-hybridized carbons (Fsp3) is 0.950. The summed E-state index contributed by atoms with van der Waals surface area (Å²) in [6, 6.07) is 0. The van der Waals surface area contributed by atoms with Gasteiger partial charge in [0.1, 0.15) is 0 Å². The second-order valence-electron chi connectivity index (χ2n) is 18.4. The molecule has 0 aromatic rings. The van der Waals surface area contributed by atoms with Crippen molar-refractivity contribution in [2.75, 3.05) is 0 Å². The first-order valence-electron chi connectivity index (χ1n) is 18.3. The lowest BCUT2D eigenvalue weighted by atomic mass is 9.48. The number of hydrogen-bond acceptors (Lipinski definition) is 0. The van der Waals surface area contributed by atoms with Crippen molar-refractivity contribution in [3.05, 3.63) is 12.7 Å². The maximum atomic E-state index is 4.04. The van der Waals surface area contributed by atoms with Gasteiger partial charge in [-0.1, -0.05) is 101 Å². The average molecular weight is 551 g/mol. The minimum atomic E-state index is 0.526. The molecule has 0 aromatic heterocycles. The van der Waals surface area contributed by atoms with E-state index >= 15 is 0 Å². The topological polar surface area (TPSA) is 0 Å². The third-order valence-corrected chi connectivity index (χ3v) is 16.9. The smallest absolute Gasteiger partial charge is 0.0227 e. The highest BCUT2D eigenvalue weighted by Gasteiger charge is 2.79. The van der Waals surface area contributed by atoms with E-state index in [-0.39, 0.29) is 0 Å². The molecular formula is C40H70. The molecule has 0 heteroatoms. The lowest BCUT2D eigenvalue weighted by molar-refractivity contribution is -0.0674. The monoisotopic (exact) mass is 551 g/mol. The van der Waals surface area contributed by atoms with E-state index in [1.807, 2.05) is 0 Å². The van der Waals surface area contributed by atoms with Gasteiger partial charge < -0.3 is 0 Å². The Morgan fingerprint density at radius 3 is 2.17 bits per heavy atom. The first-order valence-corrected chi connectivity index (χ1v) is 18.3. The Bertz CT molecular complexity index is 922. The highest BCUT2D eigenvalue weighted by Crippen LogP contribution is 2.86. The van der Waals surface area contributed by atoms with Crippen LogP contribution in [0.1, 0.15) is 166 Å². The first kappa shape index (κ1) is 31.2. The Morgan fingerprint density at radius 1 is 0.925 bits per heavy atom. The van der Waals surface area contributed by atoms with Gasteiger partial charge in [0, 0.05) is 0 Å². The van der Waals surface area contributed by atoms with Crippen LogP contribution >= 0.6 is 0 Å². The molecular weight excluding hydrogens is 480 g/mol.